The Kier molecular flexibility index (Phi) is 9.80. The predicted octanol–water partition coefficient (Wildman–Crippen LogP) is 4.26. The van der Waals surface area contributed by atoms with Crippen LogP contribution in [0.3, 0.4) is 0 Å². The van der Waals surface area contributed by atoms with Crippen molar-refractivity contribution < 1.29 is 9.53 Å². The van der Waals surface area contributed by atoms with Gasteiger partial charge >= 0.3 is 0 Å². The smallest absolute Gasteiger partial charge is 0.230 e. The number of hydrogen-bond acceptors (Lipinski definition) is 3. The Morgan fingerprint density at radius 2 is 2.00 bits per heavy atom. The van der Waals surface area contributed by atoms with Crippen molar-refractivity contribution in [3.63, 3.8) is 0 Å². The van der Waals surface area contributed by atoms with E-state index in [1.165, 1.54) is 24.8 Å². The third-order valence-electron chi connectivity index (χ3n) is 3.79. The summed E-state index contributed by atoms with van der Waals surface area (Å²) in [5.74, 6) is 3.01. The molecule has 0 radical (unpaired) electrons. The van der Waals surface area contributed by atoms with E-state index in [1.54, 1.807) is 18.9 Å². The maximum atomic E-state index is 11.9. The zero-order valence-corrected chi connectivity index (χ0v) is 14.9. The molecular formula is C18H29NO2S. The van der Waals surface area contributed by atoms with Crippen LogP contribution in [0.2, 0.25) is 0 Å². The van der Waals surface area contributed by atoms with Crippen molar-refractivity contribution in [2.75, 3.05) is 19.4 Å². The minimum atomic E-state index is 0.147. The number of ether oxygens (including phenoxy) is 1. The third kappa shape index (κ3) is 7.74. The minimum Gasteiger partial charge on any atom is -0.497 e. The molecule has 1 aromatic rings. The van der Waals surface area contributed by atoms with Crippen molar-refractivity contribution in [1.29, 1.82) is 0 Å². The molecule has 1 amide bonds. The standard InChI is InChI=1S/C18H29NO2S/c1-4-6-7-15(5-2)12-19-18(20)14-22-13-16-8-10-17(21-3)11-9-16/h8-11,15H,4-7,12-14H2,1-3H3,(H,19,20)/t15-/m1/s1. The van der Waals surface area contributed by atoms with Crippen LogP contribution in [0.15, 0.2) is 24.3 Å². The number of carbonyl (C=O) groups excluding carboxylic acids is 1. The number of methoxy groups -OCH3 is 1. The number of benzene rings is 1. The molecule has 0 fully saturated rings. The second-order valence-corrected chi connectivity index (χ2v) is 6.55. The van der Waals surface area contributed by atoms with E-state index < -0.39 is 0 Å². The average molecular weight is 324 g/mol. The molecule has 0 heterocycles. The van der Waals surface area contributed by atoms with Gasteiger partial charge in [-0.1, -0.05) is 45.2 Å². The number of hydrogen-bond donors (Lipinski definition) is 1. The number of unbranched alkanes of at least 4 members (excludes halogenated alkanes) is 1. The fourth-order valence-corrected chi connectivity index (χ4v) is 3.05. The Morgan fingerprint density at radius 1 is 1.27 bits per heavy atom. The van der Waals surface area contributed by atoms with E-state index in [4.69, 9.17) is 4.74 Å². The van der Waals surface area contributed by atoms with Crippen LogP contribution in [0.4, 0.5) is 0 Å². The molecule has 0 aromatic heterocycles. The van der Waals surface area contributed by atoms with Crippen molar-refractivity contribution in [3.05, 3.63) is 29.8 Å². The molecule has 0 aliphatic heterocycles. The first-order valence-electron chi connectivity index (χ1n) is 8.16. The Hall–Kier alpha value is -1.16. The van der Waals surface area contributed by atoms with Gasteiger partial charge in [0.25, 0.3) is 0 Å². The monoisotopic (exact) mass is 323 g/mol. The Bertz CT molecular complexity index is 420. The van der Waals surface area contributed by atoms with Crippen molar-refractivity contribution in [2.24, 2.45) is 5.92 Å². The van der Waals surface area contributed by atoms with E-state index in [0.29, 0.717) is 11.7 Å². The largest absolute Gasteiger partial charge is 0.497 e. The maximum absolute atomic E-state index is 11.9. The van der Waals surface area contributed by atoms with Crippen molar-refractivity contribution in [2.45, 2.75) is 45.3 Å². The lowest BCUT2D eigenvalue weighted by Crippen LogP contribution is -2.30. The van der Waals surface area contributed by atoms with Gasteiger partial charge in [0.2, 0.25) is 5.91 Å². The first-order valence-corrected chi connectivity index (χ1v) is 9.32. The summed E-state index contributed by atoms with van der Waals surface area (Å²) in [6, 6.07) is 7.99. The highest BCUT2D eigenvalue weighted by molar-refractivity contribution is 7.99. The Labute approximate surface area is 139 Å². The molecule has 124 valence electrons. The number of rotatable bonds is 11. The van der Waals surface area contributed by atoms with E-state index in [0.717, 1.165) is 24.5 Å². The van der Waals surface area contributed by atoms with Gasteiger partial charge in [-0.2, -0.15) is 0 Å². The molecule has 0 spiro atoms. The highest BCUT2D eigenvalue weighted by Gasteiger charge is 2.08. The molecule has 0 saturated heterocycles. The number of thioether (sulfide) groups is 1. The first-order chi connectivity index (χ1) is 10.7. The van der Waals surface area contributed by atoms with Crippen LogP contribution in [0.5, 0.6) is 5.75 Å². The maximum Gasteiger partial charge on any atom is 0.230 e. The molecule has 1 rings (SSSR count). The zero-order chi connectivity index (χ0) is 16.2. The van der Waals surface area contributed by atoms with Gasteiger partial charge in [-0.25, -0.2) is 0 Å². The van der Waals surface area contributed by atoms with Crippen LogP contribution in [0.1, 0.15) is 45.1 Å². The number of carbonyl (C=O) groups is 1. The lowest BCUT2D eigenvalue weighted by atomic mass is 9.99. The van der Waals surface area contributed by atoms with Gasteiger partial charge in [0, 0.05) is 12.3 Å². The van der Waals surface area contributed by atoms with Crippen LogP contribution < -0.4 is 10.1 Å². The summed E-state index contributed by atoms with van der Waals surface area (Å²) >= 11 is 1.65. The highest BCUT2D eigenvalue weighted by Crippen LogP contribution is 2.16. The van der Waals surface area contributed by atoms with Gasteiger partial charge in [-0.15, -0.1) is 11.8 Å². The lowest BCUT2D eigenvalue weighted by molar-refractivity contribution is -0.118. The summed E-state index contributed by atoms with van der Waals surface area (Å²) in [5, 5.41) is 3.07. The fourth-order valence-electron chi connectivity index (χ4n) is 2.24. The fraction of sp³-hybridized carbons (Fsp3) is 0.611. The SMILES string of the molecule is CCCC[C@@H](CC)CNC(=O)CSCc1ccc(OC)cc1. The van der Waals surface area contributed by atoms with Crippen LogP contribution in [0, 0.1) is 5.92 Å². The van der Waals surface area contributed by atoms with E-state index in [-0.39, 0.29) is 5.91 Å². The quantitative estimate of drug-likeness (QED) is 0.661. The topological polar surface area (TPSA) is 38.3 Å². The molecule has 22 heavy (non-hydrogen) atoms. The van der Waals surface area contributed by atoms with E-state index in [2.05, 4.69) is 19.2 Å². The average Bonchev–Trinajstić information content (AvgIpc) is 2.55. The van der Waals surface area contributed by atoms with Gasteiger partial charge in [0.15, 0.2) is 0 Å². The van der Waals surface area contributed by atoms with E-state index in [9.17, 15) is 4.79 Å². The van der Waals surface area contributed by atoms with Crippen LogP contribution >= 0.6 is 11.8 Å². The molecule has 0 aliphatic rings. The third-order valence-corrected chi connectivity index (χ3v) is 4.80. The summed E-state index contributed by atoms with van der Waals surface area (Å²) in [6.45, 7) is 5.23. The normalized spacial score (nSPS) is 12.0. The minimum absolute atomic E-state index is 0.147. The van der Waals surface area contributed by atoms with Gasteiger partial charge in [-0.3, -0.25) is 4.79 Å². The lowest BCUT2D eigenvalue weighted by Gasteiger charge is -2.15. The van der Waals surface area contributed by atoms with Gasteiger partial charge < -0.3 is 10.1 Å². The highest BCUT2D eigenvalue weighted by atomic mass is 32.2. The summed E-state index contributed by atoms with van der Waals surface area (Å²) in [5.41, 5.74) is 1.22. The molecule has 0 aliphatic carbocycles. The second kappa shape index (κ2) is 11.4. The molecule has 0 bridgehead atoms. The van der Waals surface area contributed by atoms with Gasteiger partial charge in [-0.05, 0) is 30.0 Å². The Morgan fingerprint density at radius 3 is 2.59 bits per heavy atom. The molecule has 1 aromatic carbocycles. The van der Waals surface area contributed by atoms with E-state index >= 15 is 0 Å². The molecule has 1 atom stereocenters. The number of nitrogens with one attached hydrogen (secondary N) is 1. The molecule has 1 N–H and O–H groups in total. The van der Waals surface area contributed by atoms with E-state index in [1.807, 2.05) is 24.3 Å². The first kappa shape index (κ1) is 18.9. The van der Waals surface area contributed by atoms with Crippen molar-refractivity contribution in [3.8, 4) is 5.75 Å². The summed E-state index contributed by atoms with van der Waals surface area (Å²) < 4.78 is 5.13. The molecule has 3 nitrogen and oxygen atoms in total. The van der Waals surface area contributed by atoms with Crippen molar-refractivity contribution in [1.82, 2.24) is 5.32 Å². The zero-order valence-electron chi connectivity index (χ0n) is 14.1. The molecule has 0 saturated carbocycles. The number of amides is 1. The Balaban J connectivity index is 2.19. The van der Waals surface area contributed by atoms with Gasteiger partial charge in [0.05, 0.1) is 12.9 Å². The van der Waals surface area contributed by atoms with Crippen LogP contribution in [0.25, 0.3) is 0 Å². The summed E-state index contributed by atoms with van der Waals surface area (Å²) in [4.78, 5) is 11.9. The molecule has 0 unspecified atom stereocenters. The predicted molar refractivity (Wildman–Crippen MR) is 95.5 cm³/mol. The second-order valence-electron chi connectivity index (χ2n) is 5.56. The molecule has 4 heteroatoms. The summed E-state index contributed by atoms with van der Waals surface area (Å²) in [7, 11) is 1.66. The van der Waals surface area contributed by atoms with Gasteiger partial charge in [0.1, 0.15) is 5.75 Å². The van der Waals surface area contributed by atoms with Crippen molar-refractivity contribution >= 4 is 17.7 Å². The molecular weight excluding hydrogens is 294 g/mol. The summed E-state index contributed by atoms with van der Waals surface area (Å²) in [6.07, 6.45) is 4.83. The van der Waals surface area contributed by atoms with Crippen LogP contribution in [-0.4, -0.2) is 25.3 Å². The van der Waals surface area contributed by atoms with Crippen LogP contribution in [-0.2, 0) is 10.5 Å².